The van der Waals surface area contributed by atoms with E-state index in [0.717, 1.165) is 19.1 Å². The molecule has 1 aliphatic heterocycles. The first-order valence-electron chi connectivity index (χ1n) is 5.69. The van der Waals surface area contributed by atoms with Gasteiger partial charge < -0.3 is 10.5 Å². The Kier molecular flexibility index (Phi) is 4.85. The molecule has 0 aromatic heterocycles. The first kappa shape index (κ1) is 12.0. The molecule has 1 aliphatic rings. The van der Waals surface area contributed by atoms with Crippen LogP contribution in [0.3, 0.4) is 0 Å². The zero-order valence-corrected chi connectivity index (χ0v) is 9.70. The second-order valence-electron chi connectivity index (χ2n) is 4.72. The van der Waals surface area contributed by atoms with Gasteiger partial charge in [-0.15, -0.1) is 0 Å². The van der Waals surface area contributed by atoms with Crippen molar-refractivity contribution in [3.8, 4) is 0 Å². The fraction of sp³-hybridized carbons (Fsp3) is 1.00. The summed E-state index contributed by atoms with van der Waals surface area (Å²) >= 11 is 0. The summed E-state index contributed by atoms with van der Waals surface area (Å²) in [6.45, 7) is 10.4. The standard InChI is InChI=1S/C11H24N2O/c1-9(2)4-5-13-7-11(6-12)14-8-10(13)3/h9-11H,4-8,12H2,1-3H3. The molecule has 0 aliphatic carbocycles. The van der Waals surface area contributed by atoms with Gasteiger partial charge in [0.15, 0.2) is 0 Å². The first-order chi connectivity index (χ1) is 6.63. The average molecular weight is 200 g/mol. The molecule has 0 spiro atoms. The van der Waals surface area contributed by atoms with E-state index in [-0.39, 0.29) is 6.10 Å². The molecule has 0 amide bonds. The summed E-state index contributed by atoms with van der Waals surface area (Å²) in [6, 6.07) is 0.552. The van der Waals surface area contributed by atoms with Crippen LogP contribution in [-0.2, 0) is 4.74 Å². The molecule has 3 nitrogen and oxygen atoms in total. The van der Waals surface area contributed by atoms with Crippen LogP contribution < -0.4 is 5.73 Å². The van der Waals surface area contributed by atoms with Crippen LogP contribution >= 0.6 is 0 Å². The third kappa shape index (κ3) is 3.56. The number of nitrogens with two attached hydrogens (primary N) is 1. The third-order valence-corrected chi connectivity index (χ3v) is 2.89. The average Bonchev–Trinajstić information content (AvgIpc) is 2.16. The van der Waals surface area contributed by atoms with Gasteiger partial charge in [0.2, 0.25) is 0 Å². The van der Waals surface area contributed by atoms with Crippen LogP contribution in [0, 0.1) is 5.92 Å². The summed E-state index contributed by atoms with van der Waals surface area (Å²) in [6.07, 6.45) is 1.51. The minimum atomic E-state index is 0.248. The van der Waals surface area contributed by atoms with Gasteiger partial charge in [-0.3, -0.25) is 4.90 Å². The summed E-state index contributed by atoms with van der Waals surface area (Å²) in [5, 5.41) is 0. The molecule has 2 atom stereocenters. The number of nitrogens with zero attached hydrogens (tertiary/aromatic N) is 1. The molecular weight excluding hydrogens is 176 g/mol. The van der Waals surface area contributed by atoms with Crippen LogP contribution in [0.25, 0.3) is 0 Å². The molecule has 2 unspecified atom stereocenters. The highest BCUT2D eigenvalue weighted by Crippen LogP contribution is 2.13. The normalized spacial score (nSPS) is 29.8. The van der Waals surface area contributed by atoms with E-state index in [1.54, 1.807) is 0 Å². The largest absolute Gasteiger partial charge is 0.374 e. The lowest BCUT2D eigenvalue weighted by Crippen LogP contribution is -2.50. The van der Waals surface area contributed by atoms with E-state index in [1.807, 2.05) is 0 Å². The van der Waals surface area contributed by atoms with E-state index < -0.39 is 0 Å². The van der Waals surface area contributed by atoms with Gasteiger partial charge in [0, 0.05) is 19.1 Å². The maximum absolute atomic E-state index is 5.62. The number of morpholine rings is 1. The Labute approximate surface area is 87.6 Å². The van der Waals surface area contributed by atoms with E-state index in [4.69, 9.17) is 10.5 Å². The van der Waals surface area contributed by atoms with Crippen molar-refractivity contribution in [1.82, 2.24) is 4.90 Å². The van der Waals surface area contributed by atoms with Gasteiger partial charge in [-0.05, 0) is 25.8 Å². The lowest BCUT2D eigenvalue weighted by Gasteiger charge is -2.37. The monoisotopic (exact) mass is 200 g/mol. The van der Waals surface area contributed by atoms with Gasteiger partial charge in [-0.25, -0.2) is 0 Å². The maximum Gasteiger partial charge on any atom is 0.0824 e. The topological polar surface area (TPSA) is 38.5 Å². The van der Waals surface area contributed by atoms with Gasteiger partial charge in [-0.1, -0.05) is 13.8 Å². The Hall–Kier alpha value is -0.120. The van der Waals surface area contributed by atoms with Crippen LogP contribution in [0.5, 0.6) is 0 Å². The number of hydrogen-bond acceptors (Lipinski definition) is 3. The van der Waals surface area contributed by atoms with Gasteiger partial charge in [-0.2, -0.15) is 0 Å². The van der Waals surface area contributed by atoms with Gasteiger partial charge >= 0.3 is 0 Å². The van der Waals surface area contributed by atoms with Crippen LogP contribution in [-0.4, -0.2) is 43.3 Å². The van der Waals surface area contributed by atoms with Gasteiger partial charge in [0.1, 0.15) is 0 Å². The Bertz CT molecular complexity index is 161. The molecule has 0 bridgehead atoms. The molecule has 0 saturated carbocycles. The van der Waals surface area contributed by atoms with E-state index in [0.29, 0.717) is 12.6 Å². The predicted molar refractivity (Wildman–Crippen MR) is 59.3 cm³/mol. The van der Waals surface area contributed by atoms with Crippen molar-refractivity contribution in [3.63, 3.8) is 0 Å². The molecule has 3 heteroatoms. The van der Waals surface area contributed by atoms with Crippen molar-refractivity contribution in [3.05, 3.63) is 0 Å². The van der Waals surface area contributed by atoms with Crippen LogP contribution in [0.4, 0.5) is 0 Å². The van der Waals surface area contributed by atoms with Crippen LogP contribution in [0.15, 0.2) is 0 Å². The van der Waals surface area contributed by atoms with Gasteiger partial charge in [0.25, 0.3) is 0 Å². The smallest absolute Gasteiger partial charge is 0.0824 e. The van der Waals surface area contributed by atoms with Crippen molar-refractivity contribution >= 4 is 0 Å². The maximum atomic E-state index is 5.62. The second-order valence-corrected chi connectivity index (χ2v) is 4.72. The highest BCUT2D eigenvalue weighted by molar-refractivity contribution is 4.77. The van der Waals surface area contributed by atoms with Crippen LogP contribution in [0.1, 0.15) is 27.2 Å². The molecule has 1 heterocycles. The van der Waals surface area contributed by atoms with Gasteiger partial charge in [0.05, 0.1) is 12.7 Å². The summed E-state index contributed by atoms with van der Waals surface area (Å²) in [7, 11) is 0. The molecule has 0 aromatic carbocycles. The fourth-order valence-corrected chi connectivity index (χ4v) is 1.75. The quantitative estimate of drug-likeness (QED) is 0.738. The molecule has 0 aromatic rings. The summed E-state index contributed by atoms with van der Waals surface area (Å²) in [5.74, 6) is 0.779. The SMILES string of the molecule is CC(C)CCN1CC(CN)OCC1C. The van der Waals surface area contributed by atoms with Crippen molar-refractivity contribution < 1.29 is 4.74 Å². The molecule has 0 radical (unpaired) electrons. The van der Waals surface area contributed by atoms with Crippen molar-refractivity contribution in [2.45, 2.75) is 39.3 Å². The minimum Gasteiger partial charge on any atom is -0.374 e. The molecule has 1 fully saturated rings. The summed E-state index contributed by atoms with van der Waals surface area (Å²) < 4.78 is 5.61. The second kappa shape index (κ2) is 5.69. The Morgan fingerprint density at radius 1 is 1.50 bits per heavy atom. The van der Waals surface area contributed by atoms with E-state index >= 15 is 0 Å². The Morgan fingerprint density at radius 3 is 2.79 bits per heavy atom. The van der Waals surface area contributed by atoms with Crippen molar-refractivity contribution in [2.75, 3.05) is 26.2 Å². The molecule has 84 valence electrons. The van der Waals surface area contributed by atoms with Crippen molar-refractivity contribution in [1.29, 1.82) is 0 Å². The highest BCUT2D eigenvalue weighted by Gasteiger charge is 2.24. The molecule has 1 saturated heterocycles. The summed E-state index contributed by atoms with van der Waals surface area (Å²) in [4.78, 5) is 2.50. The van der Waals surface area contributed by atoms with E-state index in [1.165, 1.54) is 13.0 Å². The minimum absolute atomic E-state index is 0.248. The molecule has 14 heavy (non-hydrogen) atoms. The van der Waals surface area contributed by atoms with Crippen molar-refractivity contribution in [2.24, 2.45) is 11.7 Å². The molecule has 2 N–H and O–H groups in total. The number of rotatable bonds is 4. The molecular formula is C11H24N2O. The zero-order chi connectivity index (χ0) is 10.6. The number of hydrogen-bond donors (Lipinski definition) is 1. The number of ether oxygens (including phenoxy) is 1. The lowest BCUT2D eigenvalue weighted by molar-refractivity contribution is -0.0544. The zero-order valence-electron chi connectivity index (χ0n) is 9.70. The van der Waals surface area contributed by atoms with E-state index in [2.05, 4.69) is 25.7 Å². The lowest BCUT2D eigenvalue weighted by atomic mass is 10.1. The Balaban J connectivity index is 2.32. The van der Waals surface area contributed by atoms with E-state index in [9.17, 15) is 0 Å². The first-order valence-corrected chi connectivity index (χ1v) is 5.69. The Morgan fingerprint density at radius 2 is 2.21 bits per heavy atom. The summed E-state index contributed by atoms with van der Waals surface area (Å²) in [5.41, 5.74) is 5.62. The molecule has 1 rings (SSSR count). The highest BCUT2D eigenvalue weighted by atomic mass is 16.5. The third-order valence-electron chi connectivity index (χ3n) is 2.89. The fourth-order valence-electron chi connectivity index (χ4n) is 1.75. The van der Waals surface area contributed by atoms with Crippen LogP contribution in [0.2, 0.25) is 0 Å². The predicted octanol–water partition coefficient (Wildman–Crippen LogP) is 1.08.